The molecule has 0 amide bonds. The number of likely N-dealkylation sites (N-methyl/N-ethyl adjacent to an activating group) is 1. The molecule has 0 unspecified atom stereocenters. The molecule has 3 N–H and O–H groups in total. The summed E-state index contributed by atoms with van der Waals surface area (Å²) in [5, 5.41) is 7.99. The highest BCUT2D eigenvalue weighted by molar-refractivity contribution is 7.90. The number of nitrogens with two attached hydrogens (primary N) is 1. The molecule has 0 radical (unpaired) electrons. The fraction of sp³-hybridized carbons (Fsp3) is 0.467. The van der Waals surface area contributed by atoms with Crippen LogP contribution < -0.4 is 10.6 Å². The average molecular weight is 604 g/mol. The first kappa shape index (κ1) is 34.7. The van der Waals surface area contributed by atoms with E-state index in [0.717, 1.165) is 38.6 Å². The summed E-state index contributed by atoms with van der Waals surface area (Å²) in [5.41, 5.74) is 6.97. The van der Waals surface area contributed by atoms with Crippen molar-refractivity contribution in [1.82, 2.24) is 14.9 Å². The molecule has 1 aromatic carbocycles. The predicted octanol–water partition coefficient (Wildman–Crippen LogP) is 3.23. The summed E-state index contributed by atoms with van der Waals surface area (Å²) in [5.74, 6) is 0.745. The van der Waals surface area contributed by atoms with Crippen molar-refractivity contribution in [3.05, 3.63) is 53.6 Å². The Balaban J connectivity index is 0.000000308. The molecule has 12 heteroatoms. The zero-order valence-corrected chi connectivity index (χ0v) is 25.8. The van der Waals surface area contributed by atoms with Crippen molar-refractivity contribution in [2.45, 2.75) is 50.5 Å². The number of sulfone groups is 1. The molecule has 10 nitrogen and oxygen atoms in total. The van der Waals surface area contributed by atoms with Crippen molar-refractivity contribution in [1.29, 1.82) is 0 Å². The minimum atomic E-state index is -3.12. The molecule has 1 aliphatic heterocycles. The summed E-state index contributed by atoms with van der Waals surface area (Å²) in [4.78, 5) is 34.8. The highest BCUT2D eigenvalue weighted by atomic mass is 32.2. The second-order valence-corrected chi connectivity index (χ2v) is 12.4. The van der Waals surface area contributed by atoms with Crippen molar-refractivity contribution in [2.75, 3.05) is 50.7 Å². The van der Waals surface area contributed by atoms with Crippen LogP contribution in [-0.2, 0) is 25.8 Å². The number of aliphatic hydroxyl groups excluding tert-OH is 1. The number of nitrogen functional groups attached to an aromatic ring is 1. The zero-order valence-electron chi connectivity index (χ0n) is 25.0. The summed E-state index contributed by atoms with van der Waals surface area (Å²) in [7, 11) is -0.317. The maximum Gasteiger partial charge on any atom is 0.177 e. The zero-order chi connectivity index (χ0) is 31.4. The number of aromatic nitrogens is 2. The van der Waals surface area contributed by atoms with Gasteiger partial charge in [0, 0.05) is 55.0 Å². The largest absolute Gasteiger partial charge is 0.400 e. The third-order valence-corrected chi connectivity index (χ3v) is 8.18. The van der Waals surface area contributed by atoms with Crippen LogP contribution in [0.25, 0.3) is 10.8 Å². The SMILES string of the molecule is CO.CS(=O)(=O)c1ccc(N2CCCC2)nc1.Cc1cc2c(F)c(C[C@H](C=O)N(C)CC[C@H](C)C=O)ccc2c(N)n1. The number of hydrogen-bond donors (Lipinski definition) is 2. The van der Waals surface area contributed by atoms with Crippen LogP contribution in [0.5, 0.6) is 0 Å². The van der Waals surface area contributed by atoms with Gasteiger partial charge in [0.2, 0.25) is 0 Å². The van der Waals surface area contributed by atoms with E-state index in [9.17, 15) is 22.4 Å². The molecule has 230 valence electrons. The molecule has 3 aromatic rings. The second-order valence-electron chi connectivity index (χ2n) is 10.4. The molecule has 2 aromatic heterocycles. The van der Waals surface area contributed by atoms with Gasteiger partial charge in [-0.3, -0.25) is 4.90 Å². The number of rotatable bonds is 10. The molecule has 3 heterocycles. The van der Waals surface area contributed by atoms with Crippen molar-refractivity contribution in [3.63, 3.8) is 0 Å². The Hall–Kier alpha value is -3.48. The Morgan fingerprint density at radius 2 is 1.79 bits per heavy atom. The van der Waals surface area contributed by atoms with E-state index in [0.29, 0.717) is 40.8 Å². The Morgan fingerprint density at radius 1 is 1.12 bits per heavy atom. The van der Waals surface area contributed by atoms with Gasteiger partial charge in [-0.1, -0.05) is 19.1 Å². The number of carbonyl (C=O) groups is 2. The van der Waals surface area contributed by atoms with Crippen LogP contribution >= 0.6 is 0 Å². The molecule has 1 fully saturated rings. The van der Waals surface area contributed by atoms with Gasteiger partial charge in [-0.2, -0.15) is 0 Å². The molecule has 1 saturated heterocycles. The summed E-state index contributed by atoms with van der Waals surface area (Å²) in [6.45, 7) is 6.23. The minimum absolute atomic E-state index is 0.0643. The maximum absolute atomic E-state index is 14.9. The molecule has 2 atom stereocenters. The van der Waals surface area contributed by atoms with Gasteiger partial charge in [0.25, 0.3) is 0 Å². The highest BCUT2D eigenvalue weighted by Crippen LogP contribution is 2.26. The third-order valence-electron chi connectivity index (χ3n) is 7.09. The normalized spacial score (nSPS) is 14.4. The van der Waals surface area contributed by atoms with Gasteiger partial charge in [-0.15, -0.1) is 0 Å². The van der Waals surface area contributed by atoms with Crippen LogP contribution in [0.3, 0.4) is 0 Å². The van der Waals surface area contributed by atoms with E-state index >= 15 is 0 Å². The van der Waals surface area contributed by atoms with Gasteiger partial charge in [0.05, 0.1) is 10.9 Å². The fourth-order valence-electron chi connectivity index (χ4n) is 4.55. The third kappa shape index (κ3) is 9.53. The van der Waals surface area contributed by atoms with E-state index in [1.54, 1.807) is 37.3 Å². The number of aliphatic hydroxyl groups is 1. The number of pyridine rings is 2. The fourth-order valence-corrected chi connectivity index (χ4v) is 5.11. The number of halogens is 1. The molecule has 0 spiro atoms. The van der Waals surface area contributed by atoms with Crippen LogP contribution in [-0.4, -0.2) is 87.1 Å². The quantitative estimate of drug-likeness (QED) is 0.331. The first-order valence-electron chi connectivity index (χ1n) is 13.8. The van der Waals surface area contributed by atoms with Crippen LogP contribution in [0.2, 0.25) is 0 Å². The van der Waals surface area contributed by atoms with Crippen molar-refractivity contribution < 1.29 is 27.5 Å². The number of nitrogens with zero attached hydrogens (tertiary/aromatic N) is 4. The highest BCUT2D eigenvalue weighted by Gasteiger charge is 2.19. The summed E-state index contributed by atoms with van der Waals surface area (Å²) < 4.78 is 37.3. The van der Waals surface area contributed by atoms with Gasteiger partial charge >= 0.3 is 0 Å². The first-order chi connectivity index (χ1) is 19.9. The lowest BCUT2D eigenvalue weighted by Gasteiger charge is -2.24. The molecule has 1 aliphatic rings. The lowest BCUT2D eigenvalue weighted by Crippen LogP contribution is -2.36. The van der Waals surface area contributed by atoms with Crippen LogP contribution in [0.1, 0.15) is 37.4 Å². The summed E-state index contributed by atoms with van der Waals surface area (Å²) in [6.07, 6.45) is 7.65. The molecule has 4 rings (SSSR count). The van der Waals surface area contributed by atoms with Crippen molar-refractivity contribution in [2.24, 2.45) is 5.92 Å². The summed E-state index contributed by atoms with van der Waals surface area (Å²) >= 11 is 0. The number of carbonyl (C=O) groups excluding carboxylic acids is 2. The standard InChI is InChI=1S/C19H24FN3O2.C10H14N2O2S.CH4O/c1-12(10-24)6-7-23(3)15(11-25)9-14-4-5-16-17(18(14)20)8-13(2)22-19(16)21;1-15(13,14)9-4-5-10(11-8-9)12-6-2-3-7-12;1-2/h4-5,8,10-12,15H,6-7,9H2,1-3H3,(H2,21,22);4-5,8H,2-3,6-7H2,1H3;2H,1H3/t12-,15+;;/m0../s1. The van der Waals surface area contributed by atoms with E-state index in [4.69, 9.17) is 10.8 Å². The Kier molecular flexibility index (Phi) is 13.4. The van der Waals surface area contributed by atoms with Crippen LogP contribution in [0.15, 0.2) is 41.4 Å². The van der Waals surface area contributed by atoms with Gasteiger partial charge in [0.15, 0.2) is 9.84 Å². The Labute approximate surface area is 247 Å². The lowest BCUT2D eigenvalue weighted by atomic mass is 10.00. The molecule has 0 aliphatic carbocycles. The minimum Gasteiger partial charge on any atom is -0.400 e. The number of anilines is 2. The van der Waals surface area contributed by atoms with Gasteiger partial charge < -0.3 is 25.3 Å². The van der Waals surface area contributed by atoms with E-state index < -0.39 is 15.9 Å². The van der Waals surface area contributed by atoms with Crippen LogP contribution in [0, 0.1) is 18.7 Å². The molecular formula is C30H42FN5O5S. The predicted molar refractivity (Wildman–Crippen MR) is 164 cm³/mol. The Morgan fingerprint density at radius 3 is 2.33 bits per heavy atom. The number of hydrogen-bond acceptors (Lipinski definition) is 10. The number of fused-ring (bicyclic) bond motifs is 1. The summed E-state index contributed by atoms with van der Waals surface area (Å²) in [6, 6.07) is 8.01. The van der Waals surface area contributed by atoms with Crippen molar-refractivity contribution >= 4 is 44.8 Å². The molecule has 42 heavy (non-hydrogen) atoms. The topological polar surface area (TPSA) is 147 Å². The second kappa shape index (κ2) is 16.2. The molecule has 0 bridgehead atoms. The number of aldehydes is 2. The molecule has 0 saturated carbocycles. The van der Waals surface area contributed by atoms with E-state index in [2.05, 4.69) is 14.9 Å². The van der Waals surface area contributed by atoms with Gasteiger partial charge in [-0.05, 0) is 70.0 Å². The van der Waals surface area contributed by atoms with Gasteiger partial charge in [-0.25, -0.2) is 22.8 Å². The monoisotopic (exact) mass is 603 g/mol. The number of aryl methyl sites for hydroxylation is 1. The van der Waals surface area contributed by atoms with E-state index in [-0.39, 0.29) is 23.1 Å². The maximum atomic E-state index is 14.9. The number of benzene rings is 1. The average Bonchev–Trinajstić information content (AvgIpc) is 3.52. The van der Waals surface area contributed by atoms with E-state index in [1.807, 2.05) is 18.9 Å². The molecular weight excluding hydrogens is 561 g/mol. The van der Waals surface area contributed by atoms with Crippen molar-refractivity contribution in [3.8, 4) is 0 Å². The first-order valence-corrected chi connectivity index (χ1v) is 15.6. The van der Waals surface area contributed by atoms with Gasteiger partial charge in [0.1, 0.15) is 30.0 Å². The van der Waals surface area contributed by atoms with E-state index in [1.165, 1.54) is 25.3 Å². The smallest absolute Gasteiger partial charge is 0.177 e. The van der Waals surface area contributed by atoms with Crippen LogP contribution in [0.4, 0.5) is 16.0 Å². The lowest BCUT2D eigenvalue weighted by molar-refractivity contribution is -0.112. The Bertz CT molecular complexity index is 1430.